The summed E-state index contributed by atoms with van der Waals surface area (Å²) in [6.07, 6.45) is 3.19. The Bertz CT molecular complexity index is 904. The number of likely N-dealkylation sites (tertiary alicyclic amines) is 2. The quantitative estimate of drug-likeness (QED) is 0.806. The molecule has 2 N–H and O–H groups in total. The van der Waals surface area contributed by atoms with Gasteiger partial charge in [0.05, 0.1) is 12.5 Å². The zero-order chi connectivity index (χ0) is 21.1. The average molecular weight is 412 g/mol. The van der Waals surface area contributed by atoms with Crippen LogP contribution in [0.1, 0.15) is 37.1 Å². The third kappa shape index (κ3) is 4.70. The monoisotopic (exact) mass is 411 g/mol. The molecule has 0 bridgehead atoms. The fourth-order valence-electron chi connectivity index (χ4n) is 4.46. The third-order valence-electron chi connectivity index (χ3n) is 6.17. The maximum absolute atomic E-state index is 13.0. The first kappa shape index (κ1) is 20.5. The van der Waals surface area contributed by atoms with Crippen molar-refractivity contribution >= 4 is 11.8 Å². The van der Waals surface area contributed by atoms with Crippen LogP contribution in [0.5, 0.6) is 0 Å². The summed E-state index contributed by atoms with van der Waals surface area (Å²) in [6, 6.07) is 8.02. The molecule has 2 amide bonds. The smallest absolute Gasteiger partial charge is 0.241 e. The summed E-state index contributed by atoms with van der Waals surface area (Å²) in [6.45, 7) is 5.42. The highest BCUT2D eigenvalue weighted by molar-refractivity contribution is 5.80. The van der Waals surface area contributed by atoms with Crippen LogP contribution in [0.2, 0.25) is 0 Å². The lowest BCUT2D eigenvalue weighted by molar-refractivity contribution is -0.140. The zero-order valence-electron chi connectivity index (χ0n) is 17.4. The van der Waals surface area contributed by atoms with Crippen molar-refractivity contribution in [1.29, 1.82) is 0 Å². The van der Waals surface area contributed by atoms with Crippen molar-refractivity contribution in [2.45, 2.75) is 39.2 Å². The van der Waals surface area contributed by atoms with Gasteiger partial charge in [-0.2, -0.15) is 4.98 Å². The number of nitrogens with zero attached hydrogens (tertiary/aromatic N) is 4. The molecule has 4 rings (SSSR count). The maximum atomic E-state index is 13.0. The van der Waals surface area contributed by atoms with Crippen LogP contribution >= 0.6 is 0 Å². The number of benzene rings is 1. The molecule has 8 nitrogen and oxygen atoms in total. The van der Waals surface area contributed by atoms with E-state index in [2.05, 4.69) is 15.0 Å². The number of nitrogens with two attached hydrogens (primary N) is 1. The summed E-state index contributed by atoms with van der Waals surface area (Å²) in [5.41, 5.74) is 7.49. The van der Waals surface area contributed by atoms with Crippen LogP contribution in [0.15, 0.2) is 28.8 Å². The standard InChI is InChI=1S/C22H29N5O3/c1-15-4-2-5-17(12-15)21-24-19(30-25-21)14-26-9-3-6-18(13-26)22(29)27-10-7-16(8-11-27)20(23)28/h2,4-5,12,16,18H,3,6-11,13-14H2,1H3,(H2,23,28). The fraction of sp³-hybridized carbons (Fsp3) is 0.545. The van der Waals surface area contributed by atoms with Crippen molar-refractivity contribution < 1.29 is 14.1 Å². The van der Waals surface area contributed by atoms with Crippen molar-refractivity contribution in [3.63, 3.8) is 0 Å². The first-order valence-electron chi connectivity index (χ1n) is 10.7. The van der Waals surface area contributed by atoms with E-state index in [-0.39, 0.29) is 23.7 Å². The van der Waals surface area contributed by atoms with Crippen LogP contribution in [0.25, 0.3) is 11.4 Å². The predicted molar refractivity (Wildman–Crippen MR) is 111 cm³/mol. The van der Waals surface area contributed by atoms with E-state index in [1.807, 2.05) is 36.1 Å². The topological polar surface area (TPSA) is 106 Å². The van der Waals surface area contributed by atoms with Crippen molar-refractivity contribution in [3.8, 4) is 11.4 Å². The molecule has 0 radical (unpaired) electrons. The lowest BCUT2D eigenvalue weighted by Gasteiger charge is -2.37. The van der Waals surface area contributed by atoms with Gasteiger partial charge in [0.15, 0.2) is 0 Å². The molecule has 0 saturated carbocycles. The molecule has 30 heavy (non-hydrogen) atoms. The highest BCUT2D eigenvalue weighted by atomic mass is 16.5. The van der Waals surface area contributed by atoms with Gasteiger partial charge in [-0.1, -0.05) is 28.9 Å². The minimum atomic E-state index is -0.254. The van der Waals surface area contributed by atoms with Crippen LogP contribution in [-0.2, 0) is 16.1 Å². The highest BCUT2D eigenvalue weighted by Gasteiger charge is 2.33. The SMILES string of the molecule is Cc1cccc(-c2noc(CN3CCCC(C(=O)N4CCC(C(N)=O)CC4)C3)n2)c1. The molecule has 1 atom stereocenters. The molecular formula is C22H29N5O3. The Morgan fingerprint density at radius 3 is 2.70 bits per heavy atom. The number of rotatable bonds is 5. The second-order valence-corrected chi connectivity index (χ2v) is 8.46. The molecule has 3 heterocycles. The van der Waals surface area contributed by atoms with Gasteiger partial charge in [-0.3, -0.25) is 14.5 Å². The Hall–Kier alpha value is -2.74. The van der Waals surface area contributed by atoms with Crippen LogP contribution < -0.4 is 5.73 Å². The van der Waals surface area contributed by atoms with Crippen molar-refractivity contribution in [2.75, 3.05) is 26.2 Å². The molecule has 2 aromatic rings. The van der Waals surface area contributed by atoms with E-state index in [1.54, 1.807) is 0 Å². The van der Waals surface area contributed by atoms with Crippen molar-refractivity contribution in [3.05, 3.63) is 35.7 Å². The molecule has 0 aliphatic carbocycles. The van der Waals surface area contributed by atoms with Crippen LogP contribution in [-0.4, -0.2) is 57.9 Å². The number of amides is 2. The lowest BCUT2D eigenvalue weighted by Crippen LogP contribution is -2.48. The molecule has 1 aromatic carbocycles. The molecule has 8 heteroatoms. The minimum absolute atomic E-state index is 0.0250. The van der Waals surface area contributed by atoms with Crippen LogP contribution in [0, 0.1) is 18.8 Å². The Morgan fingerprint density at radius 1 is 1.17 bits per heavy atom. The number of carbonyl (C=O) groups excluding carboxylic acids is 2. The predicted octanol–water partition coefficient (Wildman–Crippen LogP) is 1.98. The van der Waals surface area contributed by atoms with E-state index < -0.39 is 0 Å². The first-order chi connectivity index (χ1) is 14.5. The molecule has 0 spiro atoms. The second-order valence-electron chi connectivity index (χ2n) is 8.46. The van der Waals surface area contributed by atoms with Gasteiger partial charge in [0.25, 0.3) is 0 Å². The summed E-state index contributed by atoms with van der Waals surface area (Å²) in [5.74, 6) is 0.974. The molecule has 2 aliphatic heterocycles. The van der Waals surface area contributed by atoms with Gasteiger partial charge in [-0.05, 0) is 45.2 Å². The number of hydrogen-bond acceptors (Lipinski definition) is 6. The molecule has 1 unspecified atom stereocenters. The number of carbonyl (C=O) groups is 2. The van der Waals surface area contributed by atoms with Gasteiger partial charge in [0.2, 0.25) is 23.5 Å². The number of primary amides is 1. The maximum Gasteiger partial charge on any atom is 0.241 e. The highest BCUT2D eigenvalue weighted by Crippen LogP contribution is 2.24. The zero-order valence-corrected chi connectivity index (χ0v) is 17.4. The Kier molecular flexibility index (Phi) is 6.13. The van der Waals surface area contributed by atoms with Gasteiger partial charge < -0.3 is 15.2 Å². The normalized spacial score (nSPS) is 21.0. The van der Waals surface area contributed by atoms with E-state index in [1.165, 1.54) is 0 Å². The number of aromatic nitrogens is 2. The minimum Gasteiger partial charge on any atom is -0.369 e. The van der Waals surface area contributed by atoms with Crippen LogP contribution in [0.4, 0.5) is 0 Å². The van der Waals surface area contributed by atoms with Gasteiger partial charge in [-0.15, -0.1) is 0 Å². The summed E-state index contributed by atoms with van der Waals surface area (Å²) in [7, 11) is 0. The molecule has 2 aliphatic rings. The van der Waals surface area contributed by atoms with E-state index in [9.17, 15) is 9.59 Å². The van der Waals surface area contributed by atoms with E-state index in [0.717, 1.165) is 30.5 Å². The molecule has 160 valence electrons. The van der Waals surface area contributed by atoms with Crippen molar-refractivity contribution in [2.24, 2.45) is 17.6 Å². The van der Waals surface area contributed by atoms with E-state index >= 15 is 0 Å². The Labute approximate surface area is 176 Å². The fourth-order valence-corrected chi connectivity index (χ4v) is 4.46. The number of hydrogen-bond donors (Lipinski definition) is 1. The molecule has 1 aromatic heterocycles. The number of piperidine rings is 2. The van der Waals surface area contributed by atoms with Gasteiger partial charge in [-0.25, -0.2) is 0 Å². The lowest BCUT2D eigenvalue weighted by atomic mass is 9.92. The Morgan fingerprint density at radius 2 is 1.97 bits per heavy atom. The molecule has 2 fully saturated rings. The third-order valence-corrected chi connectivity index (χ3v) is 6.17. The summed E-state index contributed by atoms with van der Waals surface area (Å²) >= 11 is 0. The summed E-state index contributed by atoms with van der Waals surface area (Å²) in [5, 5.41) is 4.12. The molecule has 2 saturated heterocycles. The van der Waals surface area contributed by atoms with Gasteiger partial charge in [0, 0.05) is 31.1 Å². The summed E-state index contributed by atoms with van der Waals surface area (Å²) < 4.78 is 5.47. The molecular weight excluding hydrogens is 382 g/mol. The van der Waals surface area contributed by atoms with E-state index in [0.29, 0.717) is 50.7 Å². The largest absolute Gasteiger partial charge is 0.369 e. The van der Waals surface area contributed by atoms with Gasteiger partial charge in [0.1, 0.15) is 0 Å². The van der Waals surface area contributed by atoms with Crippen LogP contribution in [0.3, 0.4) is 0 Å². The Balaban J connectivity index is 1.33. The van der Waals surface area contributed by atoms with Crippen molar-refractivity contribution in [1.82, 2.24) is 19.9 Å². The number of aryl methyl sites for hydroxylation is 1. The van der Waals surface area contributed by atoms with Gasteiger partial charge >= 0.3 is 0 Å². The second kappa shape index (κ2) is 8.95. The summed E-state index contributed by atoms with van der Waals surface area (Å²) in [4.78, 5) is 33.0. The average Bonchev–Trinajstić information content (AvgIpc) is 3.22. The van der Waals surface area contributed by atoms with E-state index in [4.69, 9.17) is 10.3 Å². The first-order valence-corrected chi connectivity index (χ1v) is 10.7.